The average molecular weight is 342 g/mol. The number of likely N-dealkylation sites (tertiary alicyclic amines) is 1. The van der Waals surface area contributed by atoms with Crippen LogP contribution in [0.2, 0.25) is 10.0 Å². The van der Waals surface area contributed by atoms with Crippen LogP contribution in [0.4, 0.5) is 5.82 Å². The quantitative estimate of drug-likeness (QED) is 0.908. The first-order valence-electron chi connectivity index (χ1n) is 7.95. The first-order chi connectivity index (χ1) is 10.6. The Hall–Kier alpha value is -0.840. The molecular weight excluding hydrogens is 321 g/mol. The third-order valence-corrected chi connectivity index (χ3v) is 5.30. The average Bonchev–Trinajstić information content (AvgIpc) is 2.50. The van der Waals surface area contributed by atoms with Crippen LogP contribution in [0.1, 0.15) is 32.1 Å². The summed E-state index contributed by atoms with van der Waals surface area (Å²) in [5, 5.41) is 3.60. The number of carbonyl (C=O) groups excluding carboxylic acids is 1. The van der Waals surface area contributed by atoms with Gasteiger partial charge in [-0.25, -0.2) is 4.98 Å². The van der Waals surface area contributed by atoms with Crippen LogP contribution in [0.3, 0.4) is 0 Å². The van der Waals surface area contributed by atoms with Gasteiger partial charge in [0.2, 0.25) is 5.91 Å². The van der Waals surface area contributed by atoms with E-state index in [1.807, 2.05) is 0 Å². The number of pyridine rings is 1. The molecule has 6 heteroatoms. The highest BCUT2D eigenvalue weighted by atomic mass is 35.5. The van der Waals surface area contributed by atoms with E-state index in [0.717, 1.165) is 24.9 Å². The van der Waals surface area contributed by atoms with Crippen LogP contribution >= 0.6 is 23.2 Å². The predicted molar refractivity (Wildman–Crippen MR) is 89.4 cm³/mol. The number of nitrogens with zero attached hydrogens (tertiary/aromatic N) is 2. The maximum Gasteiger partial charge on any atom is 0.239 e. The zero-order valence-corrected chi connectivity index (χ0v) is 14.0. The SMILES string of the molecule is O=C(CN1CC[C@H]2CCCC[C@@H]2C1)Nc1ncc(Cl)cc1Cl. The lowest BCUT2D eigenvalue weighted by atomic mass is 9.75. The second-order valence-electron chi connectivity index (χ2n) is 6.36. The van der Waals surface area contributed by atoms with Crippen LogP contribution in [0.25, 0.3) is 0 Å². The number of carbonyl (C=O) groups is 1. The topological polar surface area (TPSA) is 45.2 Å². The Balaban J connectivity index is 1.53. The van der Waals surface area contributed by atoms with E-state index in [2.05, 4.69) is 15.2 Å². The summed E-state index contributed by atoms with van der Waals surface area (Å²) in [6.07, 6.45) is 8.10. The van der Waals surface area contributed by atoms with Crippen molar-refractivity contribution in [2.45, 2.75) is 32.1 Å². The maximum atomic E-state index is 12.2. The Bertz CT molecular complexity index is 552. The van der Waals surface area contributed by atoms with Gasteiger partial charge in [-0.1, -0.05) is 42.5 Å². The molecule has 1 aromatic rings. The second kappa shape index (κ2) is 7.16. The Morgan fingerprint density at radius 1 is 1.27 bits per heavy atom. The van der Waals surface area contributed by atoms with Gasteiger partial charge in [0.25, 0.3) is 0 Å². The first kappa shape index (κ1) is 16.0. The van der Waals surface area contributed by atoms with Gasteiger partial charge in [-0.3, -0.25) is 9.69 Å². The molecule has 1 N–H and O–H groups in total. The molecule has 2 aliphatic rings. The number of fused-ring (bicyclic) bond motifs is 1. The van der Waals surface area contributed by atoms with E-state index < -0.39 is 0 Å². The third-order valence-electron chi connectivity index (χ3n) is 4.81. The van der Waals surface area contributed by atoms with Gasteiger partial charge in [-0.2, -0.15) is 0 Å². The number of halogens is 2. The lowest BCUT2D eigenvalue weighted by Crippen LogP contribution is -2.44. The van der Waals surface area contributed by atoms with Gasteiger partial charge in [0.1, 0.15) is 0 Å². The van der Waals surface area contributed by atoms with Crippen molar-refractivity contribution >= 4 is 34.9 Å². The van der Waals surface area contributed by atoms with Gasteiger partial charge in [0.05, 0.1) is 16.6 Å². The number of hydrogen-bond donors (Lipinski definition) is 1. The van der Waals surface area contributed by atoms with E-state index >= 15 is 0 Å². The highest BCUT2D eigenvalue weighted by molar-refractivity contribution is 6.36. The van der Waals surface area contributed by atoms with Crippen molar-refractivity contribution in [2.75, 3.05) is 25.0 Å². The minimum Gasteiger partial charge on any atom is -0.308 e. The van der Waals surface area contributed by atoms with Crippen molar-refractivity contribution in [1.29, 1.82) is 0 Å². The molecule has 0 bridgehead atoms. The van der Waals surface area contributed by atoms with E-state index in [1.54, 1.807) is 6.07 Å². The molecule has 1 aliphatic heterocycles. The largest absolute Gasteiger partial charge is 0.308 e. The Morgan fingerprint density at radius 3 is 2.82 bits per heavy atom. The number of nitrogens with one attached hydrogen (secondary N) is 1. The molecule has 0 radical (unpaired) electrons. The predicted octanol–water partition coefficient (Wildman–Crippen LogP) is 3.84. The van der Waals surface area contributed by atoms with E-state index in [4.69, 9.17) is 23.2 Å². The van der Waals surface area contributed by atoms with Crippen molar-refractivity contribution in [2.24, 2.45) is 11.8 Å². The van der Waals surface area contributed by atoms with Crippen molar-refractivity contribution in [1.82, 2.24) is 9.88 Å². The van der Waals surface area contributed by atoms with Gasteiger partial charge in [0.15, 0.2) is 5.82 Å². The molecule has 1 saturated heterocycles. The lowest BCUT2D eigenvalue weighted by molar-refractivity contribution is -0.118. The van der Waals surface area contributed by atoms with Gasteiger partial charge in [-0.15, -0.1) is 0 Å². The monoisotopic (exact) mass is 341 g/mol. The van der Waals surface area contributed by atoms with E-state index in [9.17, 15) is 4.79 Å². The fraction of sp³-hybridized carbons (Fsp3) is 0.625. The summed E-state index contributed by atoms with van der Waals surface area (Å²) in [6.45, 7) is 2.46. The summed E-state index contributed by atoms with van der Waals surface area (Å²) in [7, 11) is 0. The van der Waals surface area contributed by atoms with Crippen LogP contribution in [0.5, 0.6) is 0 Å². The molecule has 3 rings (SSSR count). The van der Waals surface area contributed by atoms with Crippen LogP contribution in [-0.2, 0) is 4.79 Å². The number of aromatic nitrogens is 1. The molecule has 2 atom stereocenters. The molecular formula is C16H21Cl2N3O. The number of hydrogen-bond acceptors (Lipinski definition) is 3. The fourth-order valence-electron chi connectivity index (χ4n) is 3.70. The van der Waals surface area contributed by atoms with Gasteiger partial charge < -0.3 is 5.32 Å². The summed E-state index contributed by atoms with van der Waals surface area (Å²) >= 11 is 11.8. The zero-order chi connectivity index (χ0) is 15.5. The fourth-order valence-corrected chi connectivity index (χ4v) is 4.13. The summed E-state index contributed by atoms with van der Waals surface area (Å²) < 4.78 is 0. The first-order valence-corrected chi connectivity index (χ1v) is 8.70. The van der Waals surface area contributed by atoms with Crippen molar-refractivity contribution in [3.05, 3.63) is 22.3 Å². The summed E-state index contributed by atoms with van der Waals surface area (Å²) in [5.74, 6) is 1.96. The molecule has 2 fully saturated rings. The van der Waals surface area contributed by atoms with Crippen molar-refractivity contribution < 1.29 is 4.79 Å². The molecule has 120 valence electrons. The Kier molecular flexibility index (Phi) is 5.21. The Morgan fingerprint density at radius 2 is 2.05 bits per heavy atom. The molecule has 2 heterocycles. The molecule has 0 aromatic carbocycles. The molecule has 1 amide bonds. The summed E-state index contributed by atoms with van der Waals surface area (Å²) in [6, 6.07) is 1.58. The number of piperidine rings is 1. The zero-order valence-electron chi connectivity index (χ0n) is 12.5. The van der Waals surface area contributed by atoms with Crippen LogP contribution in [0.15, 0.2) is 12.3 Å². The number of rotatable bonds is 3. The van der Waals surface area contributed by atoms with Gasteiger partial charge in [0, 0.05) is 12.7 Å². The van der Waals surface area contributed by atoms with Gasteiger partial charge >= 0.3 is 0 Å². The summed E-state index contributed by atoms with van der Waals surface area (Å²) in [4.78, 5) is 18.5. The molecule has 1 saturated carbocycles. The number of anilines is 1. The maximum absolute atomic E-state index is 12.2. The van der Waals surface area contributed by atoms with Crippen LogP contribution in [-0.4, -0.2) is 35.4 Å². The van der Waals surface area contributed by atoms with Crippen molar-refractivity contribution in [3.8, 4) is 0 Å². The van der Waals surface area contributed by atoms with Crippen molar-refractivity contribution in [3.63, 3.8) is 0 Å². The molecule has 0 unspecified atom stereocenters. The molecule has 4 nitrogen and oxygen atoms in total. The van der Waals surface area contributed by atoms with Crippen LogP contribution < -0.4 is 5.32 Å². The highest BCUT2D eigenvalue weighted by Gasteiger charge is 2.31. The molecule has 1 aliphatic carbocycles. The highest BCUT2D eigenvalue weighted by Crippen LogP contribution is 2.35. The van der Waals surface area contributed by atoms with E-state index in [1.165, 1.54) is 38.3 Å². The van der Waals surface area contributed by atoms with E-state index in [0.29, 0.717) is 22.4 Å². The molecule has 1 aromatic heterocycles. The Labute approximate surface area is 141 Å². The smallest absolute Gasteiger partial charge is 0.239 e. The van der Waals surface area contributed by atoms with E-state index in [-0.39, 0.29) is 5.91 Å². The van der Waals surface area contributed by atoms with Gasteiger partial charge in [-0.05, 0) is 37.3 Å². The molecule has 0 spiro atoms. The minimum absolute atomic E-state index is 0.0639. The molecule has 22 heavy (non-hydrogen) atoms. The summed E-state index contributed by atoms with van der Waals surface area (Å²) in [5.41, 5.74) is 0. The van der Waals surface area contributed by atoms with Crippen LogP contribution in [0, 0.1) is 11.8 Å². The second-order valence-corrected chi connectivity index (χ2v) is 7.20. The lowest BCUT2D eigenvalue weighted by Gasteiger charge is -2.41. The standard InChI is InChI=1S/C16H21Cl2N3O/c17-13-7-14(18)16(19-8-13)20-15(22)10-21-6-5-11-3-1-2-4-12(11)9-21/h7-8,11-12H,1-6,9-10H2,(H,19,20,22)/t11-,12-/m1/s1. The normalized spacial score (nSPS) is 25.5. The third kappa shape index (κ3) is 3.92. The number of amides is 1. The minimum atomic E-state index is -0.0639.